The highest BCUT2D eigenvalue weighted by atomic mass is 15.3. The Morgan fingerprint density at radius 3 is 2.92 bits per heavy atom. The second-order valence-electron chi connectivity index (χ2n) is 3.48. The molecule has 13 heavy (non-hydrogen) atoms. The number of rotatable bonds is 5. The van der Waals surface area contributed by atoms with Gasteiger partial charge in [-0.2, -0.15) is 5.10 Å². The van der Waals surface area contributed by atoms with Crippen molar-refractivity contribution in [2.45, 2.75) is 45.7 Å². The van der Waals surface area contributed by atoms with Crippen molar-refractivity contribution in [3.05, 3.63) is 18.0 Å². The molecular formula is C10H19N3. The average Bonchev–Trinajstić information content (AvgIpc) is 2.53. The molecule has 1 aromatic heterocycles. The summed E-state index contributed by atoms with van der Waals surface area (Å²) < 4.78 is 1.98. The predicted molar refractivity (Wildman–Crippen MR) is 54.5 cm³/mol. The molecule has 74 valence electrons. The summed E-state index contributed by atoms with van der Waals surface area (Å²) in [6.07, 6.45) is 7.12. The Balaban J connectivity index is 2.48. The highest BCUT2D eigenvalue weighted by Crippen LogP contribution is 2.03. The van der Waals surface area contributed by atoms with Crippen LogP contribution in [-0.2, 0) is 13.0 Å². The molecule has 0 radical (unpaired) electrons. The predicted octanol–water partition coefficient (Wildman–Crippen LogP) is 1.57. The van der Waals surface area contributed by atoms with Crippen LogP contribution in [-0.4, -0.2) is 15.8 Å². The molecule has 1 rings (SSSR count). The quantitative estimate of drug-likeness (QED) is 0.749. The topological polar surface area (TPSA) is 43.8 Å². The maximum Gasteiger partial charge on any atom is 0.0522 e. The SMILES string of the molecule is CCCn1cc(CC(N)CC)cn1. The van der Waals surface area contributed by atoms with Gasteiger partial charge in [0.15, 0.2) is 0 Å². The highest BCUT2D eigenvalue weighted by molar-refractivity contribution is 5.05. The second-order valence-corrected chi connectivity index (χ2v) is 3.48. The van der Waals surface area contributed by atoms with E-state index in [2.05, 4.69) is 25.1 Å². The first-order chi connectivity index (χ1) is 6.26. The van der Waals surface area contributed by atoms with E-state index in [0.717, 1.165) is 25.8 Å². The minimum atomic E-state index is 0.277. The maximum absolute atomic E-state index is 5.85. The summed E-state index contributed by atoms with van der Waals surface area (Å²) in [6, 6.07) is 0.277. The summed E-state index contributed by atoms with van der Waals surface area (Å²) in [5.74, 6) is 0. The van der Waals surface area contributed by atoms with E-state index in [1.807, 2.05) is 10.9 Å². The lowest BCUT2D eigenvalue weighted by Gasteiger charge is -2.04. The average molecular weight is 181 g/mol. The Kier molecular flexibility index (Phi) is 3.96. The monoisotopic (exact) mass is 181 g/mol. The van der Waals surface area contributed by atoms with Crippen molar-refractivity contribution >= 4 is 0 Å². The van der Waals surface area contributed by atoms with E-state index in [9.17, 15) is 0 Å². The fourth-order valence-electron chi connectivity index (χ4n) is 1.31. The summed E-state index contributed by atoms with van der Waals surface area (Å²) in [6.45, 7) is 5.27. The van der Waals surface area contributed by atoms with Crippen LogP contribution in [0, 0.1) is 0 Å². The van der Waals surface area contributed by atoms with Gasteiger partial charge in [0, 0.05) is 18.8 Å². The van der Waals surface area contributed by atoms with Gasteiger partial charge in [-0.15, -0.1) is 0 Å². The van der Waals surface area contributed by atoms with Gasteiger partial charge in [-0.1, -0.05) is 13.8 Å². The Morgan fingerprint density at radius 2 is 2.31 bits per heavy atom. The van der Waals surface area contributed by atoms with Crippen molar-refractivity contribution in [3.63, 3.8) is 0 Å². The molecule has 0 saturated heterocycles. The minimum Gasteiger partial charge on any atom is -0.327 e. The van der Waals surface area contributed by atoms with Crippen LogP contribution in [0.1, 0.15) is 32.3 Å². The van der Waals surface area contributed by atoms with Crippen LogP contribution in [0.4, 0.5) is 0 Å². The number of nitrogens with two attached hydrogens (primary N) is 1. The normalized spacial score (nSPS) is 13.2. The molecule has 0 bridgehead atoms. The molecular weight excluding hydrogens is 162 g/mol. The van der Waals surface area contributed by atoms with Gasteiger partial charge < -0.3 is 5.73 Å². The molecule has 0 aliphatic heterocycles. The van der Waals surface area contributed by atoms with Gasteiger partial charge in [0.2, 0.25) is 0 Å². The smallest absolute Gasteiger partial charge is 0.0522 e. The highest BCUT2D eigenvalue weighted by Gasteiger charge is 2.03. The summed E-state index contributed by atoms with van der Waals surface area (Å²) in [5, 5.41) is 4.25. The van der Waals surface area contributed by atoms with Crippen LogP contribution in [0.5, 0.6) is 0 Å². The number of hydrogen-bond donors (Lipinski definition) is 1. The second kappa shape index (κ2) is 5.02. The molecule has 1 atom stereocenters. The van der Waals surface area contributed by atoms with E-state index in [0.29, 0.717) is 0 Å². The van der Waals surface area contributed by atoms with E-state index in [1.165, 1.54) is 5.56 Å². The van der Waals surface area contributed by atoms with E-state index >= 15 is 0 Å². The van der Waals surface area contributed by atoms with Crippen LogP contribution in [0.25, 0.3) is 0 Å². The van der Waals surface area contributed by atoms with Crippen molar-refractivity contribution in [1.82, 2.24) is 9.78 Å². The molecule has 0 amide bonds. The molecule has 3 nitrogen and oxygen atoms in total. The number of aryl methyl sites for hydroxylation is 1. The van der Waals surface area contributed by atoms with Gasteiger partial charge in [0.25, 0.3) is 0 Å². The zero-order valence-electron chi connectivity index (χ0n) is 8.53. The van der Waals surface area contributed by atoms with Gasteiger partial charge in [-0.3, -0.25) is 4.68 Å². The molecule has 2 N–H and O–H groups in total. The van der Waals surface area contributed by atoms with Gasteiger partial charge in [-0.05, 0) is 24.8 Å². The van der Waals surface area contributed by atoms with E-state index in [-0.39, 0.29) is 6.04 Å². The van der Waals surface area contributed by atoms with Gasteiger partial charge in [-0.25, -0.2) is 0 Å². The minimum absolute atomic E-state index is 0.277. The number of nitrogens with zero attached hydrogens (tertiary/aromatic N) is 2. The van der Waals surface area contributed by atoms with Crippen molar-refractivity contribution < 1.29 is 0 Å². The molecule has 0 aliphatic rings. The first-order valence-corrected chi connectivity index (χ1v) is 5.03. The van der Waals surface area contributed by atoms with Crippen molar-refractivity contribution in [3.8, 4) is 0 Å². The third-order valence-electron chi connectivity index (χ3n) is 2.16. The van der Waals surface area contributed by atoms with E-state index in [1.54, 1.807) is 0 Å². The molecule has 3 heteroatoms. The molecule has 1 heterocycles. The third kappa shape index (κ3) is 3.19. The van der Waals surface area contributed by atoms with Crippen LogP contribution in [0.15, 0.2) is 12.4 Å². The Labute approximate surface area is 79.9 Å². The van der Waals surface area contributed by atoms with Crippen LogP contribution >= 0.6 is 0 Å². The number of hydrogen-bond acceptors (Lipinski definition) is 2. The van der Waals surface area contributed by atoms with Crippen LogP contribution < -0.4 is 5.73 Å². The Morgan fingerprint density at radius 1 is 1.54 bits per heavy atom. The lowest BCUT2D eigenvalue weighted by molar-refractivity contribution is 0.600. The molecule has 0 aliphatic carbocycles. The first kappa shape index (κ1) is 10.3. The Bertz CT molecular complexity index is 242. The van der Waals surface area contributed by atoms with E-state index in [4.69, 9.17) is 5.73 Å². The van der Waals surface area contributed by atoms with Crippen molar-refractivity contribution in [2.75, 3.05) is 0 Å². The molecule has 0 fully saturated rings. The fraction of sp³-hybridized carbons (Fsp3) is 0.700. The van der Waals surface area contributed by atoms with Crippen LogP contribution in [0.3, 0.4) is 0 Å². The van der Waals surface area contributed by atoms with Crippen molar-refractivity contribution in [2.24, 2.45) is 5.73 Å². The van der Waals surface area contributed by atoms with Gasteiger partial charge in [0.1, 0.15) is 0 Å². The molecule has 0 aromatic carbocycles. The van der Waals surface area contributed by atoms with Crippen molar-refractivity contribution in [1.29, 1.82) is 0 Å². The zero-order chi connectivity index (χ0) is 9.68. The van der Waals surface area contributed by atoms with E-state index < -0.39 is 0 Å². The molecule has 0 saturated carbocycles. The summed E-state index contributed by atoms with van der Waals surface area (Å²) in [7, 11) is 0. The lowest BCUT2D eigenvalue weighted by atomic mass is 10.1. The molecule has 1 unspecified atom stereocenters. The summed E-state index contributed by atoms with van der Waals surface area (Å²) in [4.78, 5) is 0. The van der Waals surface area contributed by atoms with Gasteiger partial charge in [0.05, 0.1) is 6.20 Å². The standard InChI is InChI=1S/C10H19N3/c1-3-5-13-8-9(7-12-13)6-10(11)4-2/h7-8,10H,3-6,11H2,1-2H3. The Hall–Kier alpha value is -0.830. The third-order valence-corrected chi connectivity index (χ3v) is 2.16. The lowest BCUT2D eigenvalue weighted by Crippen LogP contribution is -2.21. The summed E-state index contributed by atoms with van der Waals surface area (Å²) in [5.41, 5.74) is 7.10. The zero-order valence-corrected chi connectivity index (χ0v) is 8.53. The molecule has 1 aromatic rings. The largest absolute Gasteiger partial charge is 0.327 e. The first-order valence-electron chi connectivity index (χ1n) is 5.03. The van der Waals surface area contributed by atoms with Gasteiger partial charge >= 0.3 is 0 Å². The summed E-state index contributed by atoms with van der Waals surface area (Å²) >= 11 is 0. The molecule has 0 spiro atoms. The van der Waals surface area contributed by atoms with Crippen LogP contribution in [0.2, 0.25) is 0 Å². The fourth-order valence-corrected chi connectivity index (χ4v) is 1.31. The number of aromatic nitrogens is 2. The maximum atomic E-state index is 5.85.